The second kappa shape index (κ2) is 5.24. The summed E-state index contributed by atoms with van der Waals surface area (Å²) in [6.07, 6.45) is 0.796. The van der Waals surface area contributed by atoms with Gasteiger partial charge >= 0.3 is 0 Å². The second-order valence-corrected chi connectivity index (χ2v) is 5.76. The van der Waals surface area contributed by atoms with Crippen molar-refractivity contribution in [2.45, 2.75) is 39.5 Å². The number of nitriles is 1. The van der Waals surface area contributed by atoms with Crippen LogP contribution in [0.15, 0.2) is 15.9 Å². The predicted octanol–water partition coefficient (Wildman–Crippen LogP) is 2.50. The SMILES string of the molecule is CCC(C)(C)c1onc(N2CC(C)=C(OC)C2=O)c1C#N. The largest absolute Gasteiger partial charge is 0.491 e. The molecule has 0 saturated carbocycles. The number of carbonyl (C=O) groups is 1. The first-order valence-corrected chi connectivity index (χ1v) is 6.83. The van der Waals surface area contributed by atoms with E-state index in [0.717, 1.165) is 12.0 Å². The van der Waals surface area contributed by atoms with Crippen molar-refractivity contribution in [1.82, 2.24) is 5.16 Å². The molecule has 1 amide bonds. The molecule has 0 atom stereocenters. The highest BCUT2D eigenvalue weighted by atomic mass is 16.5. The summed E-state index contributed by atoms with van der Waals surface area (Å²) in [5.41, 5.74) is 0.817. The summed E-state index contributed by atoms with van der Waals surface area (Å²) in [4.78, 5) is 13.7. The number of amides is 1. The summed E-state index contributed by atoms with van der Waals surface area (Å²) in [5.74, 6) is 0.795. The summed E-state index contributed by atoms with van der Waals surface area (Å²) >= 11 is 0. The lowest BCUT2D eigenvalue weighted by Crippen LogP contribution is -2.28. The first-order chi connectivity index (χ1) is 9.87. The molecule has 0 N–H and O–H groups in total. The molecular weight excluding hydrogens is 270 g/mol. The Hall–Kier alpha value is -2.29. The first kappa shape index (κ1) is 15.1. The fourth-order valence-electron chi connectivity index (χ4n) is 2.31. The smallest absolute Gasteiger partial charge is 0.294 e. The number of nitrogens with zero attached hydrogens (tertiary/aromatic N) is 3. The molecule has 1 aromatic rings. The second-order valence-electron chi connectivity index (χ2n) is 5.76. The van der Waals surface area contributed by atoms with Gasteiger partial charge in [0.1, 0.15) is 11.6 Å². The monoisotopic (exact) mass is 289 g/mol. The maximum absolute atomic E-state index is 12.3. The molecule has 1 aliphatic heterocycles. The standard InChI is InChI=1S/C15H19N3O3/c1-6-15(3,4)12-10(7-16)13(17-21-12)18-8-9(2)11(20-5)14(18)19/h6,8H2,1-5H3. The van der Waals surface area contributed by atoms with E-state index in [-0.39, 0.29) is 17.1 Å². The molecule has 1 aliphatic rings. The van der Waals surface area contributed by atoms with E-state index in [4.69, 9.17) is 9.26 Å². The van der Waals surface area contributed by atoms with Gasteiger partial charge in [-0.2, -0.15) is 5.26 Å². The van der Waals surface area contributed by atoms with Crippen molar-refractivity contribution in [1.29, 1.82) is 5.26 Å². The van der Waals surface area contributed by atoms with Crippen LogP contribution in [0.1, 0.15) is 45.4 Å². The minimum absolute atomic E-state index is 0.269. The Morgan fingerprint density at radius 1 is 1.52 bits per heavy atom. The summed E-state index contributed by atoms with van der Waals surface area (Å²) in [7, 11) is 1.46. The molecule has 1 aromatic heterocycles. The summed E-state index contributed by atoms with van der Waals surface area (Å²) in [6.45, 7) is 8.15. The molecule has 0 unspecified atom stereocenters. The molecule has 0 fully saturated rings. The highest BCUT2D eigenvalue weighted by molar-refractivity contribution is 6.07. The van der Waals surface area contributed by atoms with Gasteiger partial charge in [-0.05, 0) is 18.9 Å². The van der Waals surface area contributed by atoms with E-state index in [9.17, 15) is 10.1 Å². The minimum atomic E-state index is -0.314. The van der Waals surface area contributed by atoms with Gasteiger partial charge in [-0.1, -0.05) is 25.9 Å². The number of hydrogen-bond acceptors (Lipinski definition) is 5. The molecule has 112 valence electrons. The maximum atomic E-state index is 12.3. The van der Waals surface area contributed by atoms with E-state index in [1.54, 1.807) is 0 Å². The van der Waals surface area contributed by atoms with Crippen LogP contribution in [0.2, 0.25) is 0 Å². The topological polar surface area (TPSA) is 79.4 Å². The van der Waals surface area contributed by atoms with E-state index >= 15 is 0 Å². The van der Waals surface area contributed by atoms with Crippen LogP contribution in [0, 0.1) is 11.3 Å². The Labute approximate surface area is 124 Å². The summed E-state index contributed by atoms with van der Waals surface area (Å²) < 4.78 is 10.5. The molecule has 0 spiro atoms. The van der Waals surface area contributed by atoms with Crippen molar-refractivity contribution in [3.05, 3.63) is 22.7 Å². The van der Waals surface area contributed by atoms with Gasteiger partial charge in [0, 0.05) is 5.41 Å². The van der Waals surface area contributed by atoms with Crippen LogP contribution < -0.4 is 4.90 Å². The molecule has 0 radical (unpaired) electrons. The summed E-state index contributed by atoms with van der Waals surface area (Å²) in [5, 5.41) is 13.4. The van der Waals surface area contributed by atoms with Crippen LogP contribution in [-0.4, -0.2) is 24.7 Å². The van der Waals surface area contributed by atoms with E-state index in [2.05, 4.69) is 11.2 Å². The fourth-order valence-corrected chi connectivity index (χ4v) is 2.31. The lowest BCUT2D eigenvalue weighted by Gasteiger charge is -2.19. The minimum Gasteiger partial charge on any atom is -0.491 e. The zero-order valence-electron chi connectivity index (χ0n) is 13.0. The van der Waals surface area contributed by atoms with Gasteiger partial charge in [0.2, 0.25) is 0 Å². The Kier molecular flexibility index (Phi) is 3.77. The van der Waals surface area contributed by atoms with Crippen LogP contribution in [-0.2, 0) is 14.9 Å². The molecule has 0 bridgehead atoms. The normalized spacial score (nSPS) is 15.6. The molecule has 0 aromatic carbocycles. The van der Waals surface area contributed by atoms with Crippen molar-refractivity contribution < 1.29 is 14.1 Å². The number of methoxy groups -OCH3 is 1. The molecule has 2 heterocycles. The van der Waals surface area contributed by atoms with E-state index in [0.29, 0.717) is 23.6 Å². The first-order valence-electron chi connectivity index (χ1n) is 6.83. The maximum Gasteiger partial charge on any atom is 0.294 e. The molecule has 6 heteroatoms. The molecule has 2 rings (SSSR count). The Balaban J connectivity index is 2.45. The Morgan fingerprint density at radius 3 is 2.67 bits per heavy atom. The van der Waals surface area contributed by atoms with Gasteiger partial charge in [-0.25, -0.2) is 0 Å². The highest BCUT2D eigenvalue weighted by Gasteiger charge is 2.37. The van der Waals surface area contributed by atoms with Crippen molar-refractivity contribution in [2.24, 2.45) is 0 Å². The third kappa shape index (κ3) is 2.29. The van der Waals surface area contributed by atoms with Gasteiger partial charge in [0.15, 0.2) is 17.3 Å². The van der Waals surface area contributed by atoms with E-state index in [1.807, 2.05) is 27.7 Å². The molecule has 0 aliphatic carbocycles. The molecular formula is C15H19N3O3. The number of rotatable bonds is 4. The number of carbonyl (C=O) groups excluding carboxylic acids is 1. The van der Waals surface area contributed by atoms with Crippen LogP contribution in [0.25, 0.3) is 0 Å². The zero-order chi connectivity index (χ0) is 15.8. The molecule has 0 saturated heterocycles. The lowest BCUT2D eigenvalue weighted by atomic mass is 9.85. The average molecular weight is 289 g/mol. The Bertz CT molecular complexity index is 650. The van der Waals surface area contributed by atoms with Crippen molar-refractivity contribution in [2.75, 3.05) is 18.6 Å². The van der Waals surface area contributed by atoms with Gasteiger partial charge < -0.3 is 9.26 Å². The van der Waals surface area contributed by atoms with Gasteiger partial charge in [0.25, 0.3) is 5.91 Å². The van der Waals surface area contributed by atoms with E-state index < -0.39 is 0 Å². The number of hydrogen-bond donors (Lipinski definition) is 0. The molecule has 21 heavy (non-hydrogen) atoms. The van der Waals surface area contributed by atoms with Crippen LogP contribution in [0.4, 0.5) is 5.82 Å². The van der Waals surface area contributed by atoms with Crippen molar-refractivity contribution >= 4 is 11.7 Å². The number of aromatic nitrogens is 1. The Morgan fingerprint density at radius 2 is 2.19 bits per heavy atom. The average Bonchev–Trinajstić information content (AvgIpc) is 3.00. The zero-order valence-corrected chi connectivity index (χ0v) is 13.0. The van der Waals surface area contributed by atoms with Crippen molar-refractivity contribution in [3.8, 4) is 6.07 Å². The summed E-state index contributed by atoms with van der Waals surface area (Å²) in [6, 6.07) is 2.12. The number of anilines is 1. The third-order valence-electron chi connectivity index (χ3n) is 3.97. The van der Waals surface area contributed by atoms with Crippen LogP contribution >= 0.6 is 0 Å². The van der Waals surface area contributed by atoms with Crippen molar-refractivity contribution in [3.63, 3.8) is 0 Å². The third-order valence-corrected chi connectivity index (χ3v) is 3.97. The number of ether oxygens (including phenoxy) is 1. The van der Waals surface area contributed by atoms with Crippen LogP contribution in [0.5, 0.6) is 0 Å². The van der Waals surface area contributed by atoms with Gasteiger partial charge in [-0.3, -0.25) is 9.69 Å². The van der Waals surface area contributed by atoms with Crippen LogP contribution in [0.3, 0.4) is 0 Å². The fraction of sp³-hybridized carbons (Fsp3) is 0.533. The van der Waals surface area contributed by atoms with E-state index in [1.165, 1.54) is 12.0 Å². The molecule has 6 nitrogen and oxygen atoms in total. The quantitative estimate of drug-likeness (QED) is 0.850. The lowest BCUT2D eigenvalue weighted by molar-refractivity contribution is -0.117. The highest BCUT2D eigenvalue weighted by Crippen LogP contribution is 2.36. The van der Waals surface area contributed by atoms with Gasteiger partial charge in [0.05, 0.1) is 13.7 Å². The van der Waals surface area contributed by atoms with Gasteiger partial charge in [-0.15, -0.1) is 0 Å². The predicted molar refractivity (Wildman–Crippen MR) is 76.6 cm³/mol.